The molecule has 20 heavy (non-hydrogen) atoms. The van der Waals surface area contributed by atoms with E-state index in [0.717, 1.165) is 13.0 Å². The van der Waals surface area contributed by atoms with E-state index in [0.29, 0.717) is 17.3 Å². The smallest absolute Gasteiger partial charge is 0.177 e. The largest absolute Gasteiger partial charge is 0.396 e. The number of sulfone groups is 1. The van der Waals surface area contributed by atoms with Crippen molar-refractivity contribution in [2.45, 2.75) is 36.3 Å². The number of nitrogens with two attached hydrogens (primary N) is 1. The minimum absolute atomic E-state index is 0.185. The number of hydrogen-bond donors (Lipinski definition) is 2. The number of rotatable bonds is 4. The lowest BCUT2D eigenvalue weighted by molar-refractivity contribution is 0.0898. The zero-order chi connectivity index (χ0) is 14.3. The molecule has 2 aliphatic rings. The summed E-state index contributed by atoms with van der Waals surface area (Å²) in [5.41, 5.74) is 6.99. The van der Waals surface area contributed by atoms with Crippen molar-refractivity contribution >= 4 is 21.2 Å². The van der Waals surface area contributed by atoms with E-state index in [1.807, 2.05) is 6.07 Å². The van der Waals surface area contributed by atoms with E-state index in [1.54, 1.807) is 12.1 Å². The summed E-state index contributed by atoms with van der Waals surface area (Å²) in [6.07, 6.45) is 4.79. The monoisotopic (exact) mass is 296 g/mol. The fourth-order valence-corrected chi connectivity index (χ4v) is 3.68. The first-order valence-corrected chi connectivity index (χ1v) is 8.82. The molecule has 5 nitrogen and oxygen atoms in total. The molecule has 1 heterocycles. The molecule has 0 radical (unpaired) electrons. The molecule has 3 rings (SSSR count). The predicted molar refractivity (Wildman–Crippen MR) is 78.5 cm³/mol. The highest BCUT2D eigenvalue weighted by atomic mass is 32.2. The van der Waals surface area contributed by atoms with Crippen LogP contribution in [0.2, 0.25) is 0 Å². The van der Waals surface area contributed by atoms with E-state index < -0.39 is 9.84 Å². The molecule has 2 fully saturated rings. The molecule has 0 amide bonds. The average Bonchev–Trinajstić information content (AvgIpc) is 3.11. The van der Waals surface area contributed by atoms with Crippen molar-refractivity contribution in [3.63, 3.8) is 0 Å². The summed E-state index contributed by atoms with van der Waals surface area (Å²) in [6, 6.07) is 5.31. The van der Waals surface area contributed by atoms with Crippen molar-refractivity contribution in [2.24, 2.45) is 5.92 Å². The zero-order valence-electron chi connectivity index (χ0n) is 11.5. The quantitative estimate of drug-likeness (QED) is 0.826. The van der Waals surface area contributed by atoms with Crippen LogP contribution in [-0.4, -0.2) is 33.4 Å². The van der Waals surface area contributed by atoms with Gasteiger partial charge in [0.2, 0.25) is 0 Å². The van der Waals surface area contributed by atoms with Gasteiger partial charge in [0, 0.05) is 12.9 Å². The Morgan fingerprint density at radius 2 is 2.05 bits per heavy atom. The lowest BCUT2D eigenvalue weighted by Crippen LogP contribution is -2.31. The van der Waals surface area contributed by atoms with Crippen LogP contribution in [0.4, 0.5) is 11.4 Å². The lowest BCUT2D eigenvalue weighted by atomic mass is 10.1. The number of ether oxygens (including phenoxy) is 1. The summed E-state index contributed by atoms with van der Waals surface area (Å²) in [5.74, 6) is 0.648. The van der Waals surface area contributed by atoms with Gasteiger partial charge in [-0.2, -0.15) is 0 Å². The Hall–Kier alpha value is -1.27. The second-order valence-corrected chi connectivity index (χ2v) is 7.69. The Balaban J connectivity index is 1.84. The van der Waals surface area contributed by atoms with Crippen molar-refractivity contribution in [2.75, 3.05) is 23.9 Å². The molecule has 1 aromatic carbocycles. The molecule has 1 saturated heterocycles. The SMILES string of the molecule is CS(=O)(=O)c1cccc(NC2CCOC2C2CC2)c1N. The Bertz CT molecular complexity index is 611. The fraction of sp³-hybridized carbons (Fsp3) is 0.571. The van der Waals surface area contributed by atoms with Gasteiger partial charge in [0.1, 0.15) is 0 Å². The molecule has 110 valence electrons. The van der Waals surface area contributed by atoms with Crippen LogP contribution in [0, 0.1) is 5.92 Å². The molecule has 2 unspecified atom stereocenters. The van der Waals surface area contributed by atoms with E-state index >= 15 is 0 Å². The first-order valence-electron chi connectivity index (χ1n) is 6.93. The summed E-state index contributed by atoms with van der Waals surface area (Å²) in [6.45, 7) is 0.754. The summed E-state index contributed by atoms with van der Waals surface area (Å²) in [7, 11) is -3.30. The van der Waals surface area contributed by atoms with Crippen LogP contribution in [0.25, 0.3) is 0 Å². The Kier molecular flexibility index (Phi) is 3.38. The molecule has 1 aliphatic heterocycles. The molecule has 6 heteroatoms. The maximum absolute atomic E-state index is 11.7. The van der Waals surface area contributed by atoms with Crippen LogP contribution in [0.15, 0.2) is 23.1 Å². The molecule has 0 aromatic heterocycles. The number of para-hydroxylation sites is 1. The van der Waals surface area contributed by atoms with Gasteiger partial charge < -0.3 is 15.8 Å². The van der Waals surface area contributed by atoms with E-state index in [1.165, 1.54) is 19.1 Å². The van der Waals surface area contributed by atoms with Gasteiger partial charge in [-0.05, 0) is 37.3 Å². The number of benzene rings is 1. The molecule has 1 aromatic rings. The maximum atomic E-state index is 11.7. The maximum Gasteiger partial charge on any atom is 0.177 e. The average molecular weight is 296 g/mol. The number of hydrogen-bond acceptors (Lipinski definition) is 5. The molecule has 0 spiro atoms. The van der Waals surface area contributed by atoms with Crippen LogP contribution in [-0.2, 0) is 14.6 Å². The first kappa shape index (κ1) is 13.7. The van der Waals surface area contributed by atoms with Crippen molar-refractivity contribution in [3.8, 4) is 0 Å². The van der Waals surface area contributed by atoms with Gasteiger partial charge in [0.15, 0.2) is 9.84 Å². The van der Waals surface area contributed by atoms with E-state index in [-0.39, 0.29) is 17.0 Å². The molecule has 1 saturated carbocycles. The van der Waals surface area contributed by atoms with Crippen molar-refractivity contribution in [1.82, 2.24) is 0 Å². The van der Waals surface area contributed by atoms with E-state index in [2.05, 4.69) is 5.32 Å². The highest BCUT2D eigenvalue weighted by Gasteiger charge is 2.40. The number of nitrogens with one attached hydrogen (secondary N) is 1. The topological polar surface area (TPSA) is 81.4 Å². The third-order valence-corrected chi connectivity index (χ3v) is 5.18. The van der Waals surface area contributed by atoms with Crippen LogP contribution in [0.3, 0.4) is 0 Å². The molecule has 3 N–H and O–H groups in total. The van der Waals surface area contributed by atoms with Gasteiger partial charge in [-0.15, -0.1) is 0 Å². The van der Waals surface area contributed by atoms with Gasteiger partial charge in [0.05, 0.1) is 28.4 Å². The van der Waals surface area contributed by atoms with Gasteiger partial charge in [-0.25, -0.2) is 8.42 Å². The Morgan fingerprint density at radius 3 is 2.70 bits per heavy atom. The summed E-state index contributed by atoms with van der Waals surface area (Å²) >= 11 is 0. The zero-order valence-corrected chi connectivity index (χ0v) is 12.3. The second kappa shape index (κ2) is 4.93. The minimum atomic E-state index is -3.30. The van der Waals surface area contributed by atoms with Gasteiger partial charge in [0.25, 0.3) is 0 Å². The summed E-state index contributed by atoms with van der Waals surface area (Å²) < 4.78 is 29.2. The van der Waals surface area contributed by atoms with Gasteiger partial charge in [-0.3, -0.25) is 0 Å². The molecular weight excluding hydrogens is 276 g/mol. The highest BCUT2D eigenvalue weighted by molar-refractivity contribution is 7.90. The van der Waals surface area contributed by atoms with Crippen LogP contribution in [0.5, 0.6) is 0 Å². The fourth-order valence-electron chi connectivity index (χ4n) is 2.85. The highest BCUT2D eigenvalue weighted by Crippen LogP contribution is 2.40. The van der Waals surface area contributed by atoms with Crippen molar-refractivity contribution in [3.05, 3.63) is 18.2 Å². The molecule has 2 atom stereocenters. The third-order valence-electron chi connectivity index (χ3n) is 4.03. The third kappa shape index (κ3) is 2.62. The number of nitrogen functional groups attached to an aromatic ring is 1. The van der Waals surface area contributed by atoms with Crippen molar-refractivity contribution < 1.29 is 13.2 Å². The lowest BCUT2D eigenvalue weighted by Gasteiger charge is -2.22. The second-order valence-electron chi connectivity index (χ2n) is 5.70. The molecule has 1 aliphatic carbocycles. The van der Waals surface area contributed by atoms with Crippen LogP contribution >= 0.6 is 0 Å². The van der Waals surface area contributed by atoms with Crippen molar-refractivity contribution in [1.29, 1.82) is 0 Å². The number of anilines is 2. The van der Waals surface area contributed by atoms with Crippen LogP contribution in [0.1, 0.15) is 19.3 Å². The Morgan fingerprint density at radius 1 is 1.30 bits per heavy atom. The first-order chi connectivity index (χ1) is 9.47. The predicted octanol–water partition coefficient (Wildman–Crippen LogP) is 1.65. The molecular formula is C14H20N2O3S. The van der Waals surface area contributed by atoms with Gasteiger partial charge >= 0.3 is 0 Å². The van der Waals surface area contributed by atoms with E-state index in [4.69, 9.17) is 10.5 Å². The van der Waals surface area contributed by atoms with E-state index in [9.17, 15) is 8.42 Å². The standard InChI is InChI=1S/C14H20N2O3S/c1-20(17,18)12-4-2-3-10(13(12)15)16-11-7-8-19-14(11)9-5-6-9/h2-4,9,11,14,16H,5-8,15H2,1H3. The summed E-state index contributed by atoms with van der Waals surface area (Å²) in [4.78, 5) is 0.185. The Labute approximate surface area is 119 Å². The van der Waals surface area contributed by atoms with Crippen LogP contribution < -0.4 is 11.1 Å². The normalized spacial score (nSPS) is 26.6. The molecule has 0 bridgehead atoms. The summed E-state index contributed by atoms with van der Waals surface area (Å²) in [5, 5.41) is 3.38. The minimum Gasteiger partial charge on any atom is -0.396 e. The van der Waals surface area contributed by atoms with Gasteiger partial charge in [-0.1, -0.05) is 6.07 Å².